The van der Waals surface area contributed by atoms with Crippen LogP contribution in [0.3, 0.4) is 0 Å². The number of ether oxygens (including phenoxy) is 3. The molecule has 1 saturated heterocycles. The maximum absolute atomic E-state index is 12.3. The molecule has 0 aromatic heterocycles. The minimum Gasteiger partial charge on any atom is -0.469 e. The standard InChI is InChI=1S/C19H32O8/c1-3-4-5-7-11-8-6-9-12(18(24)25-2)17(11)27-19-16(23)15(22)14(21)13(10-20)26-19/h4-5,11-17,19-23H,3,6-10H2,1-2H3/b5-4-/t11?,12?,13-,14-,15+,16-,17?,19+/m1/s1. The first kappa shape index (κ1) is 22.3. The molecule has 1 aliphatic carbocycles. The molecule has 8 heteroatoms. The van der Waals surface area contributed by atoms with E-state index in [0.717, 1.165) is 19.3 Å². The fourth-order valence-corrected chi connectivity index (χ4v) is 3.89. The Morgan fingerprint density at radius 2 is 1.89 bits per heavy atom. The van der Waals surface area contributed by atoms with E-state index in [1.807, 2.05) is 19.1 Å². The molecule has 1 heterocycles. The molecule has 1 aliphatic heterocycles. The molecule has 27 heavy (non-hydrogen) atoms. The van der Waals surface area contributed by atoms with Gasteiger partial charge < -0.3 is 34.6 Å². The molecule has 0 spiro atoms. The third-order valence-corrected chi connectivity index (χ3v) is 5.44. The Hall–Kier alpha value is -1.03. The van der Waals surface area contributed by atoms with Crippen LogP contribution in [0.25, 0.3) is 0 Å². The van der Waals surface area contributed by atoms with E-state index >= 15 is 0 Å². The van der Waals surface area contributed by atoms with Gasteiger partial charge in [0.15, 0.2) is 6.29 Å². The van der Waals surface area contributed by atoms with E-state index in [9.17, 15) is 25.2 Å². The maximum Gasteiger partial charge on any atom is 0.311 e. The van der Waals surface area contributed by atoms with Gasteiger partial charge >= 0.3 is 5.97 Å². The van der Waals surface area contributed by atoms with Crippen LogP contribution in [0.15, 0.2) is 12.2 Å². The minimum atomic E-state index is -1.51. The van der Waals surface area contributed by atoms with Gasteiger partial charge in [-0.1, -0.05) is 25.5 Å². The van der Waals surface area contributed by atoms with Gasteiger partial charge in [-0.05, 0) is 31.6 Å². The zero-order chi connectivity index (χ0) is 20.0. The van der Waals surface area contributed by atoms with Crippen LogP contribution < -0.4 is 0 Å². The largest absolute Gasteiger partial charge is 0.469 e. The lowest BCUT2D eigenvalue weighted by atomic mass is 9.77. The Labute approximate surface area is 159 Å². The van der Waals surface area contributed by atoms with Gasteiger partial charge in [0.1, 0.15) is 24.4 Å². The zero-order valence-electron chi connectivity index (χ0n) is 15.9. The highest BCUT2D eigenvalue weighted by atomic mass is 16.7. The summed E-state index contributed by atoms with van der Waals surface area (Å²) in [4.78, 5) is 12.3. The monoisotopic (exact) mass is 388 g/mol. The number of carbonyl (C=O) groups excluding carboxylic acids is 1. The van der Waals surface area contributed by atoms with E-state index in [1.165, 1.54) is 7.11 Å². The summed E-state index contributed by atoms with van der Waals surface area (Å²) in [6, 6.07) is 0. The summed E-state index contributed by atoms with van der Waals surface area (Å²) < 4.78 is 16.4. The van der Waals surface area contributed by atoms with E-state index in [0.29, 0.717) is 12.8 Å². The van der Waals surface area contributed by atoms with E-state index in [1.54, 1.807) is 0 Å². The number of allylic oxidation sites excluding steroid dienone is 2. The average Bonchev–Trinajstić information content (AvgIpc) is 2.68. The average molecular weight is 388 g/mol. The quantitative estimate of drug-likeness (QED) is 0.358. The second-order valence-electron chi connectivity index (χ2n) is 7.23. The molecule has 2 rings (SSSR count). The van der Waals surface area contributed by atoms with Crippen LogP contribution in [0.5, 0.6) is 0 Å². The summed E-state index contributed by atoms with van der Waals surface area (Å²) >= 11 is 0. The van der Waals surface area contributed by atoms with Crippen LogP contribution in [-0.4, -0.2) is 76.9 Å². The Balaban J connectivity index is 2.18. The molecule has 3 unspecified atom stereocenters. The number of rotatable bonds is 7. The van der Waals surface area contributed by atoms with Crippen LogP contribution in [0.4, 0.5) is 0 Å². The lowest BCUT2D eigenvalue weighted by Crippen LogP contribution is -2.60. The molecule has 8 nitrogen and oxygen atoms in total. The Bertz CT molecular complexity index is 494. The zero-order valence-corrected chi connectivity index (χ0v) is 15.9. The van der Waals surface area contributed by atoms with Crippen molar-refractivity contribution in [3.05, 3.63) is 12.2 Å². The number of methoxy groups -OCH3 is 1. The molecule has 0 aromatic carbocycles. The van der Waals surface area contributed by atoms with Crippen molar-refractivity contribution >= 4 is 5.97 Å². The first-order valence-corrected chi connectivity index (χ1v) is 9.63. The van der Waals surface area contributed by atoms with Crippen molar-refractivity contribution in [2.75, 3.05) is 13.7 Å². The number of esters is 1. The molecular formula is C19H32O8. The number of aliphatic hydroxyl groups excluding tert-OH is 4. The van der Waals surface area contributed by atoms with Crippen molar-refractivity contribution in [1.29, 1.82) is 0 Å². The van der Waals surface area contributed by atoms with Gasteiger partial charge in [-0.15, -0.1) is 0 Å². The van der Waals surface area contributed by atoms with Crippen molar-refractivity contribution in [3.8, 4) is 0 Å². The maximum atomic E-state index is 12.3. The molecule has 8 atom stereocenters. The summed E-state index contributed by atoms with van der Waals surface area (Å²) in [6.07, 6.45) is 0.709. The normalized spacial score (nSPS) is 40.2. The molecular weight excluding hydrogens is 356 g/mol. The summed E-state index contributed by atoms with van der Waals surface area (Å²) in [5.41, 5.74) is 0. The van der Waals surface area contributed by atoms with Crippen molar-refractivity contribution < 1.29 is 39.4 Å². The molecule has 0 amide bonds. The number of hydrogen-bond acceptors (Lipinski definition) is 8. The predicted octanol–water partition coefficient (Wildman–Crippen LogP) is 0.117. The fraction of sp³-hybridized carbons (Fsp3) is 0.842. The molecule has 2 aliphatic rings. The lowest BCUT2D eigenvalue weighted by Gasteiger charge is -2.44. The summed E-state index contributed by atoms with van der Waals surface area (Å²) in [5, 5.41) is 39.5. The van der Waals surface area contributed by atoms with Crippen molar-refractivity contribution in [2.45, 2.75) is 75.8 Å². The lowest BCUT2D eigenvalue weighted by molar-refractivity contribution is -0.320. The number of aliphatic hydroxyl groups is 4. The Morgan fingerprint density at radius 1 is 1.15 bits per heavy atom. The van der Waals surface area contributed by atoms with Gasteiger partial charge in [-0.3, -0.25) is 4.79 Å². The molecule has 0 radical (unpaired) electrons. The molecule has 156 valence electrons. The van der Waals surface area contributed by atoms with E-state index in [4.69, 9.17) is 14.2 Å². The van der Waals surface area contributed by atoms with E-state index in [2.05, 4.69) is 0 Å². The summed E-state index contributed by atoms with van der Waals surface area (Å²) in [7, 11) is 1.33. The van der Waals surface area contributed by atoms with Gasteiger partial charge in [0.2, 0.25) is 0 Å². The third kappa shape index (κ3) is 5.28. The summed E-state index contributed by atoms with van der Waals surface area (Å²) in [5.74, 6) is -0.858. The van der Waals surface area contributed by atoms with E-state index in [-0.39, 0.29) is 11.9 Å². The molecule has 0 aromatic rings. The van der Waals surface area contributed by atoms with Crippen LogP contribution in [0.1, 0.15) is 39.0 Å². The fourth-order valence-electron chi connectivity index (χ4n) is 3.89. The van der Waals surface area contributed by atoms with E-state index < -0.39 is 49.3 Å². The van der Waals surface area contributed by atoms with Crippen LogP contribution in [0, 0.1) is 11.8 Å². The van der Waals surface area contributed by atoms with Crippen molar-refractivity contribution in [1.82, 2.24) is 0 Å². The van der Waals surface area contributed by atoms with Gasteiger partial charge in [0, 0.05) is 0 Å². The molecule has 1 saturated carbocycles. The highest BCUT2D eigenvalue weighted by molar-refractivity contribution is 5.73. The second-order valence-corrected chi connectivity index (χ2v) is 7.23. The minimum absolute atomic E-state index is 0.0259. The van der Waals surface area contributed by atoms with Crippen LogP contribution in [0.2, 0.25) is 0 Å². The summed E-state index contributed by atoms with van der Waals surface area (Å²) in [6.45, 7) is 1.51. The van der Waals surface area contributed by atoms with Crippen LogP contribution >= 0.6 is 0 Å². The van der Waals surface area contributed by atoms with Gasteiger partial charge in [-0.25, -0.2) is 0 Å². The Morgan fingerprint density at radius 3 is 2.52 bits per heavy atom. The first-order valence-electron chi connectivity index (χ1n) is 9.63. The second kappa shape index (κ2) is 10.5. The van der Waals surface area contributed by atoms with Gasteiger partial charge in [0.25, 0.3) is 0 Å². The highest BCUT2D eigenvalue weighted by Crippen LogP contribution is 2.37. The Kier molecular flexibility index (Phi) is 8.65. The number of carbonyl (C=O) groups is 1. The first-order chi connectivity index (χ1) is 12.9. The third-order valence-electron chi connectivity index (χ3n) is 5.44. The van der Waals surface area contributed by atoms with Gasteiger partial charge in [-0.2, -0.15) is 0 Å². The smallest absolute Gasteiger partial charge is 0.311 e. The number of hydrogen-bond donors (Lipinski definition) is 4. The predicted molar refractivity (Wildman–Crippen MR) is 95.5 cm³/mol. The topological polar surface area (TPSA) is 126 Å². The highest BCUT2D eigenvalue weighted by Gasteiger charge is 2.47. The molecule has 2 fully saturated rings. The molecule has 4 N–H and O–H groups in total. The SMILES string of the molecule is CC/C=C\CC1CCCC(C(=O)OC)C1O[C@@H]1O[C@H](CO)[C@@H](O)[C@H](O)[C@H]1O. The van der Waals surface area contributed by atoms with Gasteiger partial charge in [0.05, 0.1) is 25.7 Å². The molecule has 0 bridgehead atoms. The van der Waals surface area contributed by atoms with Crippen molar-refractivity contribution in [3.63, 3.8) is 0 Å². The van der Waals surface area contributed by atoms with Crippen molar-refractivity contribution in [2.24, 2.45) is 11.8 Å². The van der Waals surface area contributed by atoms with Crippen LogP contribution in [-0.2, 0) is 19.0 Å².